The highest BCUT2D eigenvalue weighted by Gasteiger charge is 2.15. The van der Waals surface area contributed by atoms with Crippen LogP contribution < -0.4 is 10.9 Å². The molecule has 0 aliphatic carbocycles. The zero-order chi connectivity index (χ0) is 13.5. The number of hydrogen-bond donors (Lipinski definition) is 2. The Hall–Kier alpha value is -1.76. The number of H-pyrrole nitrogens is 2. The highest BCUT2D eigenvalue weighted by atomic mass is 35.7. The Labute approximate surface area is 122 Å². The van der Waals surface area contributed by atoms with E-state index in [2.05, 4.69) is 46.4 Å². The summed E-state index contributed by atoms with van der Waals surface area (Å²) in [7, 11) is -0.903. The van der Waals surface area contributed by atoms with E-state index in [9.17, 15) is 0 Å². The number of fused-ring (bicyclic) bond motifs is 2. The molecule has 4 heteroatoms. The van der Waals surface area contributed by atoms with Gasteiger partial charge in [0.05, 0.1) is 18.1 Å². The molecule has 0 saturated carbocycles. The van der Waals surface area contributed by atoms with Gasteiger partial charge in [0.2, 0.25) is 0 Å². The Morgan fingerprint density at radius 2 is 1.15 bits per heavy atom. The standard InChI is InChI=1S/C16H12ClN2P/c17-20(15-9-11-5-1-3-7-13(11)18-15)16-10-12-6-2-4-8-14(12)19-16/h1-10,18-19H. The lowest BCUT2D eigenvalue weighted by molar-refractivity contribution is 1.52. The summed E-state index contributed by atoms with van der Waals surface area (Å²) in [6.07, 6.45) is 0. The monoisotopic (exact) mass is 298 g/mol. The lowest BCUT2D eigenvalue weighted by atomic mass is 10.3. The number of benzene rings is 2. The van der Waals surface area contributed by atoms with Crippen molar-refractivity contribution in [3.05, 3.63) is 60.7 Å². The number of hydrogen-bond acceptors (Lipinski definition) is 0. The number of aromatic nitrogens is 2. The molecule has 0 radical (unpaired) electrons. The third kappa shape index (κ3) is 1.93. The molecule has 2 aromatic heterocycles. The summed E-state index contributed by atoms with van der Waals surface area (Å²) in [5.74, 6) is 0. The van der Waals surface area contributed by atoms with Crippen molar-refractivity contribution < 1.29 is 0 Å². The van der Waals surface area contributed by atoms with E-state index >= 15 is 0 Å². The maximum Gasteiger partial charge on any atom is 0.0864 e. The molecule has 0 bridgehead atoms. The van der Waals surface area contributed by atoms with Crippen molar-refractivity contribution >= 4 is 51.2 Å². The molecule has 0 aliphatic rings. The number of aromatic amines is 2. The molecule has 0 fully saturated rings. The molecule has 98 valence electrons. The first-order valence-electron chi connectivity index (χ1n) is 6.43. The van der Waals surface area contributed by atoms with Gasteiger partial charge in [-0.1, -0.05) is 47.6 Å². The highest BCUT2D eigenvalue weighted by molar-refractivity contribution is 7.95. The molecule has 0 saturated heterocycles. The first-order chi connectivity index (χ1) is 9.81. The van der Waals surface area contributed by atoms with Gasteiger partial charge in [-0.05, 0) is 24.3 Å². The van der Waals surface area contributed by atoms with Gasteiger partial charge in [0.25, 0.3) is 0 Å². The van der Waals surface area contributed by atoms with Crippen LogP contribution in [-0.4, -0.2) is 9.97 Å². The molecule has 2 N–H and O–H groups in total. The zero-order valence-electron chi connectivity index (χ0n) is 10.6. The van der Waals surface area contributed by atoms with Crippen LogP contribution in [-0.2, 0) is 0 Å². The van der Waals surface area contributed by atoms with Crippen LogP contribution in [0.2, 0.25) is 0 Å². The average Bonchev–Trinajstić information content (AvgIpc) is 3.10. The summed E-state index contributed by atoms with van der Waals surface area (Å²) in [5.41, 5.74) is 4.42. The summed E-state index contributed by atoms with van der Waals surface area (Å²) >= 11 is 6.68. The smallest absolute Gasteiger partial charge is 0.0864 e. The first kappa shape index (κ1) is 12.0. The van der Waals surface area contributed by atoms with E-state index in [-0.39, 0.29) is 0 Å². The SMILES string of the molecule is ClP(c1cc2ccccc2[nH]1)c1cc2ccccc2[nH]1. The molecule has 0 unspecified atom stereocenters. The summed E-state index contributed by atoms with van der Waals surface area (Å²) in [5, 5.41) is 2.40. The van der Waals surface area contributed by atoms with Crippen LogP contribution in [0.15, 0.2) is 60.7 Å². The van der Waals surface area contributed by atoms with Crippen molar-refractivity contribution in [2.75, 3.05) is 0 Å². The highest BCUT2D eigenvalue weighted by Crippen LogP contribution is 2.39. The van der Waals surface area contributed by atoms with Crippen molar-refractivity contribution in [3.8, 4) is 0 Å². The maximum atomic E-state index is 6.68. The van der Waals surface area contributed by atoms with Gasteiger partial charge >= 0.3 is 0 Å². The van der Waals surface area contributed by atoms with Gasteiger partial charge in [-0.3, -0.25) is 0 Å². The van der Waals surface area contributed by atoms with Crippen LogP contribution in [0, 0.1) is 0 Å². The van der Waals surface area contributed by atoms with Crippen molar-refractivity contribution in [1.29, 1.82) is 0 Å². The van der Waals surface area contributed by atoms with Gasteiger partial charge < -0.3 is 9.97 Å². The minimum absolute atomic E-state index is 0.903. The summed E-state index contributed by atoms with van der Waals surface area (Å²) in [6.45, 7) is 0. The average molecular weight is 299 g/mol. The van der Waals surface area contributed by atoms with Gasteiger partial charge in [-0.2, -0.15) is 0 Å². The fraction of sp³-hybridized carbons (Fsp3) is 0. The van der Waals surface area contributed by atoms with Crippen molar-refractivity contribution in [2.45, 2.75) is 0 Å². The lowest BCUT2D eigenvalue weighted by Gasteiger charge is -2.04. The van der Waals surface area contributed by atoms with E-state index in [0.29, 0.717) is 0 Å². The van der Waals surface area contributed by atoms with E-state index in [0.717, 1.165) is 21.9 Å². The molecular formula is C16H12ClN2P. The molecule has 4 aromatic rings. The minimum Gasteiger partial charge on any atom is -0.353 e. The Balaban J connectivity index is 1.80. The molecule has 0 atom stereocenters. The second kappa shape index (κ2) is 4.66. The summed E-state index contributed by atoms with van der Waals surface area (Å²) in [4.78, 5) is 6.83. The fourth-order valence-electron chi connectivity index (χ4n) is 2.46. The van der Waals surface area contributed by atoms with Gasteiger partial charge in [0.1, 0.15) is 0 Å². The molecule has 4 rings (SSSR count). The third-order valence-corrected chi connectivity index (χ3v) is 5.87. The van der Waals surface area contributed by atoms with E-state index < -0.39 is 7.27 Å². The van der Waals surface area contributed by atoms with Crippen LogP contribution in [0.4, 0.5) is 0 Å². The molecule has 2 nitrogen and oxygen atoms in total. The summed E-state index contributed by atoms with van der Waals surface area (Å²) < 4.78 is 0. The number of para-hydroxylation sites is 2. The molecule has 2 heterocycles. The second-order valence-electron chi connectivity index (χ2n) is 4.76. The topological polar surface area (TPSA) is 31.6 Å². The fourth-order valence-corrected chi connectivity index (χ4v) is 4.21. The van der Waals surface area contributed by atoms with Gasteiger partial charge in [-0.25, -0.2) is 0 Å². The van der Waals surface area contributed by atoms with E-state index in [1.807, 2.05) is 24.3 Å². The largest absolute Gasteiger partial charge is 0.353 e. The van der Waals surface area contributed by atoms with Crippen LogP contribution in [0.5, 0.6) is 0 Å². The predicted molar refractivity (Wildman–Crippen MR) is 88.6 cm³/mol. The number of nitrogens with one attached hydrogen (secondary N) is 2. The molecule has 0 aliphatic heterocycles. The van der Waals surface area contributed by atoms with E-state index in [4.69, 9.17) is 11.2 Å². The second-order valence-corrected chi connectivity index (χ2v) is 7.30. The molecule has 0 amide bonds. The van der Waals surface area contributed by atoms with Crippen molar-refractivity contribution in [3.63, 3.8) is 0 Å². The van der Waals surface area contributed by atoms with Gasteiger partial charge in [0.15, 0.2) is 0 Å². The minimum atomic E-state index is -0.903. The summed E-state index contributed by atoms with van der Waals surface area (Å²) in [6, 6.07) is 20.8. The lowest BCUT2D eigenvalue weighted by Crippen LogP contribution is -2.09. The Kier molecular flexibility index (Phi) is 2.80. The predicted octanol–water partition coefficient (Wildman–Crippen LogP) is 4.24. The van der Waals surface area contributed by atoms with Crippen molar-refractivity contribution in [2.24, 2.45) is 0 Å². The first-order valence-corrected chi connectivity index (χ1v) is 8.67. The number of rotatable bonds is 2. The van der Waals surface area contributed by atoms with E-state index in [1.54, 1.807) is 0 Å². The molecule has 20 heavy (non-hydrogen) atoms. The normalized spacial score (nSPS) is 11.7. The van der Waals surface area contributed by atoms with Crippen LogP contribution in [0.1, 0.15) is 0 Å². The Bertz CT molecular complexity index is 753. The maximum absolute atomic E-state index is 6.68. The molecule has 2 aromatic carbocycles. The van der Waals surface area contributed by atoms with Gasteiger partial charge in [-0.15, -0.1) is 0 Å². The molecular weight excluding hydrogens is 287 g/mol. The van der Waals surface area contributed by atoms with Crippen LogP contribution >= 0.6 is 18.5 Å². The van der Waals surface area contributed by atoms with Crippen molar-refractivity contribution in [1.82, 2.24) is 9.97 Å². The third-order valence-electron chi connectivity index (χ3n) is 3.45. The van der Waals surface area contributed by atoms with Crippen LogP contribution in [0.25, 0.3) is 21.8 Å². The molecule has 0 spiro atoms. The van der Waals surface area contributed by atoms with Crippen LogP contribution in [0.3, 0.4) is 0 Å². The Morgan fingerprint density at radius 3 is 1.60 bits per heavy atom. The Morgan fingerprint density at radius 1 is 0.700 bits per heavy atom. The quantitative estimate of drug-likeness (QED) is 0.519. The van der Waals surface area contributed by atoms with E-state index in [1.165, 1.54) is 10.8 Å². The zero-order valence-corrected chi connectivity index (χ0v) is 12.2. The van der Waals surface area contributed by atoms with Gasteiger partial charge in [0, 0.05) is 21.8 Å². The number of halogens is 1.